The maximum Gasteiger partial charge on any atom is 0.191 e. The van der Waals surface area contributed by atoms with Gasteiger partial charge in [0.25, 0.3) is 0 Å². The molecule has 180 valence electrons. The van der Waals surface area contributed by atoms with Crippen molar-refractivity contribution in [3.05, 3.63) is 47.5 Å². The summed E-state index contributed by atoms with van der Waals surface area (Å²) < 4.78 is 22.9. The number of halogens is 1. The number of ether oxygens (including phenoxy) is 4. The number of nitrogens with one attached hydrogen (secondary N) is 2. The van der Waals surface area contributed by atoms with Crippen LogP contribution < -0.4 is 29.6 Å². The fourth-order valence-corrected chi connectivity index (χ4v) is 4.84. The lowest BCUT2D eigenvalue weighted by Gasteiger charge is -2.40. The molecule has 33 heavy (non-hydrogen) atoms. The van der Waals surface area contributed by atoms with Crippen LogP contribution in [-0.2, 0) is 6.54 Å². The molecule has 1 aliphatic heterocycles. The van der Waals surface area contributed by atoms with Gasteiger partial charge < -0.3 is 29.6 Å². The number of methoxy groups -OCH3 is 3. The van der Waals surface area contributed by atoms with E-state index in [2.05, 4.69) is 33.8 Å². The standard InChI is InChI=1S/C25H33N3O4.HI/c1-26-24(27-16-17-13-22(30-3)23(31-4)14-21(17)29-2)28-19-15-25(11-7-8-12-25)32-20-10-6-5-9-18(19)20;/h5-6,9-10,13-14,19H,7-8,11-12,15-16H2,1-4H3,(H2,26,27,28);1H. The largest absolute Gasteiger partial charge is 0.496 e. The quantitative estimate of drug-likeness (QED) is 0.296. The van der Waals surface area contributed by atoms with E-state index < -0.39 is 0 Å². The number of nitrogens with zero attached hydrogens (tertiary/aromatic N) is 1. The number of para-hydroxylation sites is 1. The fraction of sp³-hybridized carbons (Fsp3) is 0.480. The number of aliphatic imine (C=N–C) groups is 1. The van der Waals surface area contributed by atoms with E-state index in [9.17, 15) is 0 Å². The van der Waals surface area contributed by atoms with Gasteiger partial charge in [0.05, 0.1) is 27.4 Å². The third-order valence-electron chi connectivity index (χ3n) is 6.48. The summed E-state index contributed by atoms with van der Waals surface area (Å²) in [4.78, 5) is 4.47. The SMILES string of the molecule is CN=C(NCc1cc(OC)c(OC)cc1OC)NC1CC2(CCCC2)Oc2ccccc21.I. The minimum Gasteiger partial charge on any atom is -0.496 e. The van der Waals surface area contributed by atoms with Gasteiger partial charge >= 0.3 is 0 Å². The van der Waals surface area contributed by atoms with Crippen LogP contribution in [0.4, 0.5) is 0 Å². The molecule has 4 rings (SSSR count). The summed E-state index contributed by atoms with van der Waals surface area (Å²) in [6.45, 7) is 0.527. The number of rotatable bonds is 6. The van der Waals surface area contributed by atoms with Gasteiger partial charge in [0.15, 0.2) is 17.5 Å². The molecule has 0 amide bonds. The van der Waals surface area contributed by atoms with Crippen molar-refractivity contribution in [2.24, 2.45) is 4.99 Å². The molecule has 2 aromatic rings. The summed E-state index contributed by atoms with van der Waals surface area (Å²) in [6, 6.07) is 12.2. The highest BCUT2D eigenvalue weighted by Gasteiger charge is 2.43. The first-order valence-corrected chi connectivity index (χ1v) is 11.2. The Kier molecular flexibility index (Phi) is 8.56. The van der Waals surface area contributed by atoms with Gasteiger partial charge in [-0.3, -0.25) is 4.99 Å². The third-order valence-corrected chi connectivity index (χ3v) is 6.48. The number of guanidine groups is 1. The highest BCUT2D eigenvalue weighted by Crippen LogP contribution is 2.47. The Morgan fingerprint density at radius 3 is 2.36 bits per heavy atom. The van der Waals surface area contributed by atoms with Crippen LogP contribution >= 0.6 is 24.0 Å². The lowest BCUT2D eigenvalue weighted by atomic mass is 9.86. The highest BCUT2D eigenvalue weighted by molar-refractivity contribution is 14.0. The Morgan fingerprint density at radius 1 is 1.03 bits per heavy atom. The van der Waals surface area contributed by atoms with Gasteiger partial charge in [-0.05, 0) is 37.8 Å². The number of hydrogen-bond donors (Lipinski definition) is 2. The van der Waals surface area contributed by atoms with Crippen molar-refractivity contribution < 1.29 is 18.9 Å². The summed E-state index contributed by atoms with van der Waals surface area (Å²) in [6.07, 6.45) is 5.59. The molecule has 1 fully saturated rings. The summed E-state index contributed by atoms with van der Waals surface area (Å²) >= 11 is 0. The molecule has 0 aromatic heterocycles. The van der Waals surface area contributed by atoms with Crippen LogP contribution in [0.3, 0.4) is 0 Å². The second-order valence-electron chi connectivity index (χ2n) is 8.38. The molecular weight excluding hydrogens is 533 g/mol. The van der Waals surface area contributed by atoms with Crippen molar-refractivity contribution in [3.8, 4) is 23.0 Å². The van der Waals surface area contributed by atoms with Gasteiger partial charge in [-0.25, -0.2) is 0 Å². The zero-order chi connectivity index (χ0) is 22.6. The molecule has 2 N–H and O–H groups in total. The molecule has 2 aliphatic rings. The van der Waals surface area contributed by atoms with Crippen LogP contribution in [0, 0.1) is 0 Å². The molecule has 0 saturated heterocycles. The minimum atomic E-state index is -0.0720. The Labute approximate surface area is 213 Å². The molecule has 1 aliphatic carbocycles. The molecule has 1 saturated carbocycles. The van der Waals surface area contributed by atoms with Crippen LogP contribution in [-0.4, -0.2) is 39.9 Å². The van der Waals surface area contributed by atoms with E-state index in [4.69, 9.17) is 18.9 Å². The second kappa shape index (κ2) is 11.2. The van der Waals surface area contributed by atoms with Crippen LogP contribution in [0.5, 0.6) is 23.0 Å². The second-order valence-corrected chi connectivity index (χ2v) is 8.38. The molecule has 0 radical (unpaired) electrons. The molecule has 1 spiro atoms. The van der Waals surface area contributed by atoms with Crippen LogP contribution in [0.15, 0.2) is 41.4 Å². The lowest BCUT2D eigenvalue weighted by molar-refractivity contribution is 0.0396. The molecule has 0 bridgehead atoms. The fourth-order valence-electron chi connectivity index (χ4n) is 4.84. The Hall–Kier alpha value is -2.36. The van der Waals surface area contributed by atoms with Crippen molar-refractivity contribution in [2.45, 2.75) is 50.3 Å². The summed E-state index contributed by atoms with van der Waals surface area (Å²) in [5.41, 5.74) is 2.06. The predicted octanol–water partition coefficient (Wildman–Crippen LogP) is 4.83. The number of fused-ring (bicyclic) bond motifs is 1. The highest BCUT2D eigenvalue weighted by atomic mass is 127. The normalized spacial score (nSPS) is 18.5. The van der Waals surface area contributed by atoms with Crippen molar-refractivity contribution in [1.29, 1.82) is 0 Å². The lowest BCUT2D eigenvalue weighted by Crippen LogP contribution is -2.46. The van der Waals surface area contributed by atoms with E-state index >= 15 is 0 Å². The van der Waals surface area contributed by atoms with Crippen molar-refractivity contribution in [3.63, 3.8) is 0 Å². The number of benzene rings is 2. The average molecular weight is 567 g/mol. The van der Waals surface area contributed by atoms with Crippen LogP contribution in [0.2, 0.25) is 0 Å². The Morgan fingerprint density at radius 2 is 1.70 bits per heavy atom. The zero-order valence-corrected chi connectivity index (χ0v) is 22.1. The molecule has 1 heterocycles. The van der Waals surface area contributed by atoms with Crippen molar-refractivity contribution in [1.82, 2.24) is 10.6 Å². The first-order chi connectivity index (χ1) is 15.6. The van der Waals surface area contributed by atoms with Gasteiger partial charge in [-0.1, -0.05) is 18.2 Å². The van der Waals surface area contributed by atoms with E-state index in [1.54, 1.807) is 28.4 Å². The third kappa shape index (κ3) is 5.42. The van der Waals surface area contributed by atoms with E-state index in [1.807, 2.05) is 18.2 Å². The Bertz CT molecular complexity index is 976. The summed E-state index contributed by atoms with van der Waals surface area (Å²) in [7, 11) is 6.68. The molecule has 2 aromatic carbocycles. The predicted molar refractivity (Wildman–Crippen MR) is 140 cm³/mol. The van der Waals surface area contributed by atoms with E-state index in [0.29, 0.717) is 18.0 Å². The van der Waals surface area contributed by atoms with Crippen molar-refractivity contribution in [2.75, 3.05) is 28.4 Å². The van der Waals surface area contributed by atoms with Gasteiger partial charge in [0.1, 0.15) is 17.1 Å². The molecule has 1 atom stereocenters. The van der Waals surface area contributed by atoms with E-state index in [1.165, 1.54) is 18.4 Å². The summed E-state index contributed by atoms with van der Waals surface area (Å²) in [5.74, 6) is 3.74. The molecule has 8 heteroatoms. The first kappa shape index (κ1) is 25.3. The smallest absolute Gasteiger partial charge is 0.191 e. The maximum atomic E-state index is 6.49. The van der Waals surface area contributed by atoms with Crippen LogP contribution in [0.25, 0.3) is 0 Å². The van der Waals surface area contributed by atoms with E-state index in [0.717, 1.165) is 42.3 Å². The minimum absolute atomic E-state index is 0. The van der Waals surface area contributed by atoms with Gasteiger partial charge in [-0.15, -0.1) is 24.0 Å². The molecule has 7 nitrogen and oxygen atoms in total. The van der Waals surface area contributed by atoms with Gasteiger partial charge in [-0.2, -0.15) is 0 Å². The van der Waals surface area contributed by atoms with Gasteiger partial charge in [0.2, 0.25) is 0 Å². The molecule has 1 unspecified atom stereocenters. The van der Waals surface area contributed by atoms with E-state index in [-0.39, 0.29) is 35.6 Å². The maximum absolute atomic E-state index is 6.49. The average Bonchev–Trinajstić information content (AvgIpc) is 3.27. The van der Waals surface area contributed by atoms with Gasteiger partial charge in [0, 0.05) is 37.2 Å². The first-order valence-electron chi connectivity index (χ1n) is 11.2. The number of hydrogen-bond acceptors (Lipinski definition) is 5. The molecular formula is C25H34IN3O4. The zero-order valence-electron chi connectivity index (χ0n) is 19.8. The topological polar surface area (TPSA) is 73.3 Å². The monoisotopic (exact) mass is 567 g/mol. The Balaban J connectivity index is 0.00000306. The van der Waals surface area contributed by atoms with Crippen LogP contribution in [0.1, 0.15) is 49.3 Å². The van der Waals surface area contributed by atoms with Crippen molar-refractivity contribution >= 4 is 29.9 Å². The summed E-state index contributed by atoms with van der Waals surface area (Å²) in [5, 5.41) is 7.06.